The first-order valence-electron chi connectivity index (χ1n) is 10.0. The zero-order chi connectivity index (χ0) is 21.1. The molecule has 5 N–H and O–H groups in total. The van der Waals surface area contributed by atoms with Gasteiger partial charge in [0.2, 0.25) is 0 Å². The second-order valence-electron chi connectivity index (χ2n) is 7.61. The molecule has 0 bridgehead atoms. The number of rotatable bonds is 8. The van der Waals surface area contributed by atoms with Crippen LogP contribution in [-0.2, 0) is 24.1 Å². The molecule has 1 atom stereocenters. The summed E-state index contributed by atoms with van der Waals surface area (Å²) in [4.78, 5) is 11.4. The Morgan fingerprint density at radius 1 is 1.19 bits per heavy atom. The molecule has 172 valence electrons. The van der Waals surface area contributed by atoms with E-state index in [2.05, 4.69) is 5.32 Å². The van der Waals surface area contributed by atoms with Gasteiger partial charge in [-0.1, -0.05) is 18.2 Å². The van der Waals surface area contributed by atoms with Crippen molar-refractivity contribution in [3.05, 3.63) is 65.1 Å². The lowest BCUT2D eigenvalue weighted by Gasteiger charge is -2.15. The molecule has 1 fully saturated rings. The van der Waals surface area contributed by atoms with E-state index >= 15 is 0 Å². The van der Waals surface area contributed by atoms with E-state index in [9.17, 15) is 9.90 Å². The van der Waals surface area contributed by atoms with Gasteiger partial charge in [-0.2, -0.15) is 0 Å². The molecule has 0 unspecified atom stereocenters. The summed E-state index contributed by atoms with van der Waals surface area (Å²) in [6.45, 7) is 1.75. The van der Waals surface area contributed by atoms with Crippen molar-refractivity contribution in [2.45, 2.75) is 31.8 Å². The third-order valence-electron chi connectivity index (χ3n) is 5.45. The van der Waals surface area contributed by atoms with Crippen LogP contribution >= 0.6 is 24.8 Å². The van der Waals surface area contributed by atoms with E-state index in [-0.39, 0.29) is 43.2 Å². The molecular weight excluding hydrogens is 453 g/mol. The topological polar surface area (TPSA) is 122 Å². The Hall–Kier alpha value is -2.74. The number of aliphatic carboxylic acids is 1. The first-order valence-corrected chi connectivity index (χ1v) is 10.0. The van der Waals surface area contributed by atoms with Gasteiger partial charge < -0.3 is 25.3 Å². The van der Waals surface area contributed by atoms with Crippen molar-refractivity contribution in [2.75, 3.05) is 13.1 Å². The Morgan fingerprint density at radius 3 is 2.69 bits per heavy atom. The van der Waals surface area contributed by atoms with Gasteiger partial charge in [-0.25, -0.2) is 0 Å². The van der Waals surface area contributed by atoms with Crippen LogP contribution in [-0.4, -0.2) is 36.1 Å². The van der Waals surface area contributed by atoms with Crippen LogP contribution in [0.3, 0.4) is 0 Å². The number of carboxylic acids is 1. The number of furan rings is 1. The molecule has 1 aromatic heterocycles. The number of carboxylic acid groups (broad SMARTS) is 1. The highest BCUT2D eigenvalue weighted by Gasteiger charge is 2.17. The summed E-state index contributed by atoms with van der Waals surface area (Å²) in [5.74, 6) is 0.701. The number of hydrogen-bond acceptors (Lipinski definition) is 5. The lowest BCUT2D eigenvalue weighted by atomic mass is 9.98. The average Bonchev–Trinajstić information content (AvgIpc) is 3.36. The van der Waals surface area contributed by atoms with Crippen LogP contribution in [0.2, 0.25) is 0 Å². The fourth-order valence-corrected chi connectivity index (χ4v) is 3.89. The number of fused-ring (bicyclic) bond motifs is 1. The Bertz CT molecular complexity index is 1090. The standard InChI is InChI=1S/C23H25N3O4.2ClH/c24-23(25)15-2-5-20-17(9-15)13-29-21(20)6-3-14-1-4-18(10-16(14)11-22(27)28)30-19-7-8-26-12-19;;/h1-2,4-5,9-10,13,19,26H,3,6-8,11-12H2,(H3,24,25)(H,27,28);2*1H/t19-;;/m0../s1. The third-order valence-corrected chi connectivity index (χ3v) is 5.45. The predicted molar refractivity (Wildman–Crippen MR) is 129 cm³/mol. The number of halogens is 2. The summed E-state index contributed by atoms with van der Waals surface area (Å²) in [6.07, 6.45) is 4.00. The van der Waals surface area contributed by atoms with E-state index < -0.39 is 5.97 Å². The highest BCUT2D eigenvalue weighted by Crippen LogP contribution is 2.26. The number of nitrogens with two attached hydrogens (primary N) is 1. The van der Waals surface area contributed by atoms with Crippen LogP contribution in [0.1, 0.15) is 28.9 Å². The van der Waals surface area contributed by atoms with Crippen LogP contribution in [0.4, 0.5) is 0 Å². The number of hydrogen-bond donors (Lipinski definition) is 4. The van der Waals surface area contributed by atoms with Gasteiger partial charge in [0, 0.05) is 29.3 Å². The molecule has 1 aliphatic heterocycles. The van der Waals surface area contributed by atoms with Crippen molar-refractivity contribution < 1.29 is 19.1 Å². The van der Waals surface area contributed by atoms with Crippen LogP contribution in [0, 0.1) is 5.41 Å². The molecule has 32 heavy (non-hydrogen) atoms. The monoisotopic (exact) mass is 479 g/mol. The molecule has 1 saturated heterocycles. The molecule has 0 saturated carbocycles. The molecule has 1 aliphatic rings. The van der Waals surface area contributed by atoms with Gasteiger partial charge in [-0.15, -0.1) is 24.8 Å². The summed E-state index contributed by atoms with van der Waals surface area (Å²) in [5.41, 5.74) is 7.95. The van der Waals surface area contributed by atoms with Gasteiger partial charge in [0.05, 0.1) is 12.7 Å². The Balaban J connectivity index is 0.00000181. The van der Waals surface area contributed by atoms with Crippen molar-refractivity contribution in [3.8, 4) is 5.75 Å². The second kappa shape index (κ2) is 11.2. The van der Waals surface area contributed by atoms with Gasteiger partial charge in [-0.05, 0) is 48.7 Å². The van der Waals surface area contributed by atoms with E-state index in [0.717, 1.165) is 47.2 Å². The van der Waals surface area contributed by atoms with E-state index in [4.69, 9.17) is 20.3 Å². The molecule has 0 aliphatic carbocycles. The predicted octanol–water partition coefficient (Wildman–Crippen LogP) is 3.71. The van der Waals surface area contributed by atoms with Gasteiger partial charge in [0.1, 0.15) is 23.4 Å². The van der Waals surface area contributed by atoms with Crippen LogP contribution in [0.5, 0.6) is 5.75 Å². The molecule has 0 radical (unpaired) electrons. The summed E-state index contributed by atoms with van der Waals surface area (Å²) >= 11 is 0. The minimum atomic E-state index is -0.865. The molecule has 9 heteroatoms. The number of aryl methyl sites for hydroxylation is 2. The summed E-state index contributed by atoms with van der Waals surface area (Å²) in [7, 11) is 0. The van der Waals surface area contributed by atoms with E-state index in [1.54, 1.807) is 6.26 Å². The van der Waals surface area contributed by atoms with Gasteiger partial charge >= 0.3 is 5.97 Å². The zero-order valence-corrected chi connectivity index (χ0v) is 19.1. The SMILES string of the molecule is Cl.Cl.N=C(N)c1ccc2c(CCc3ccc(O[C@H]4CCNC4)cc3CC(=O)O)occ2c1. The van der Waals surface area contributed by atoms with Gasteiger partial charge in [0.15, 0.2) is 0 Å². The summed E-state index contributed by atoms with van der Waals surface area (Å²) < 4.78 is 11.7. The largest absolute Gasteiger partial charge is 0.489 e. The summed E-state index contributed by atoms with van der Waals surface area (Å²) in [5, 5.41) is 22.0. The minimum Gasteiger partial charge on any atom is -0.489 e. The highest BCUT2D eigenvalue weighted by atomic mass is 35.5. The molecule has 2 aromatic carbocycles. The maximum atomic E-state index is 11.4. The van der Waals surface area contributed by atoms with E-state index in [1.165, 1.54) is 0 Å². The Kier molecular flexibility index (Phi) is 8.95. The van der Waals surface area contributed by atoms with Crippen LogP contribution < -0.4 is 15.8 Å². The van der Waals surface area contributed by atoms with Crippen molar-refractivity contribution >= 4 is 47.4 Å². The van der Waals surface area contributed by atoms with Gasteiger partial charge in [0.25, 0.3) is 0 Å². The summed E-state index contributed by atoms with van der Waals surface area (Å²) in [6, 6.07) is 11.3. The van der Waals surface area contributed by atoms with Crippen LogP contribution in [0.25, 0.3) is 10.8 Å². The number of benzene rings is 2. The molecule has 4 rings (SSSR count). The third kappa shape index (κ3) is 5.94. The highest BCUT2D eigenvalue weighted by molar-refractivity contribution is 5.99. The normalized spacial score (nSPS) is 15.1. The molecule has 0 spiro atoms. The molecule has 0 amide bonds. The Morgan fingerprint density at radius 2 is 2.00 bits per heavy atom. The second-order valence-corrected chi connectivity index (χ2v) is 7.61. The molecule has 3 aromatic rings. The fraction of sp³-hybridized carbons (Fsp3) is 0.304. The number of amidine groups is 1. The lowest BCUT2D eigenvalue weighted by molar-refractivity contribution is -0.136. The van der Waals surface area contributed by atoms with Crippen molar-refractivity contribution in [2.24, 2.45) is 5.73 Å². The number of nitrogens with one attached hydrogen (secondary N) is 2. The molecule has 2 heterocycles. The number of ether oxygens (including phenoxy) is 1. The van der Waals surface area contributed by atoms with Gasteiger partial charge in [-0.3, -0.25) is 10.2 Å². The van der Waals surface area contributed by atoms with E-state index in [1.807, 2.05) is 36.4 Å². The van der Waals surface area contributed by atoms with Crippen LogP contribution in [0.15, 0.2) is 47.1 Å². The van der Waals surface area contributed by atoms with Crippen molar-refractivity contribution in [1.82, 2.24) is 5.32 Å². The fourth-order valence-electron chi connectivity index (χ4n) is 3.89. The Labute approximate surface area is 198 Å². The van der Waals surface area contributed by atoms with E-state index in [0.29, 0.717) is 24.2 Å². The quantitative estimate of drug-likeness (QED) is 0.288. The first-order chi connectivity index (χ1) is 14.5. The maximum absolute atomic E-state index is 11.4. The average molecular weight is 480 g/mol. The first kappa shape index (κ1) is 25.5. The number of nitrogen functional groups attached to an aromatic ring is 1. The van der Waals surface area contributed by atoms with Crippen molar-refractivity contribution in [1.29, 1.82) is 5.41 Å². The maximum Gasteiger partial charge on any atom is 0.307 e. The lowest BCUT2D eigenvalue weighted by Crippen LogP contribution is -2.19. The smallest absolute Gasteiger partial charge is 0.307 e. The van der Waals surface area contributed by atoms with Crippen molar-refractivity contribution in [3.63, 3.8) is 0 Å². The molecule has 7 nitrogen and oxygen atoms in total. The minimum absolute atomic E-state index is 0. The molecular formula is C23H27Cl2N3O4. The zero-order valence-electron chi connectivity index (χ0n) is 17.4. The number of carbonyl (C=O) groups is 1.